The molecule has 0 heterocycles. The topological polar surface area (TPSA) is 26.0 Å². The quantitative estimate of drug-likeness (QED) is 0.720. The minimum atomic E-state index is 0.396. The lowest BCUT2D eigenvalue weighted by Crippen LogP contribution is -2.24. The summed E-state index contributed by atoms with van der Waals surface area (Å²) in [6, 6.07) is 10.9. The van der Waals surface area contributed by atoms with Gasteiger partial charge in [0.2, 0.25) is 0 Å². The molecule has 1 aromatic rings. The van der Waals surface area contributed by atoms with E-state index in [1.54, 1.807) is 0 Å². The zero-order valence-electron chi connectivity index (χ0n) is 7.24. The van der Waals surface area contributed by atoms with Gasteiger partial charge in [0.1, 0.15) is 0 Å². The van der Waals surface area contributed by atoms with Crippen LogP contribution in [0, 0.1) is 5.92 Å². The van der Waals surface area contributed by atoms with Crippen molar-refractivity contribution in [1.29, 1.82) is 0 Å². The molecule has 0 aliphatic heterocycles. The monoisotopic (exact) mass is 161 g/mol. The van der Waals surface area contributed by atoms with E-state index in [2.05, 4.69) is 24.3 Å². The summed E-state index contributed by atoms with van der Waals surface area (Å²) in [4.78, 5) is 0. The molecule has 1 saturated carbocycles. The van der Waals surface area contributed by atoms with Gasteiger partial charge in [0, 0.05) is 6.04 Å². The normalized spacial score (nSPS) is 19.1. The molecule has 1 aliphatic rings. The van der Waals surface area contributed by atoms with E-state index in [-0.39, 0.29) is 0 Å². The van der Waals surface area contributed by atoms with E-state index in [1.165, 1.54) is 18.4 Å². The van der Waals surface area contributed by atoms with Gasteiger partial charge in [-0.05, 0) is 30.7 Å². The van der Waals surface area contributed by atoms with Crippen LogP contribution < -0.4 is 5.73 Å². The van der Waals surface area contributed by atoms with E-state index in [1.807, 2.05) is 6.07 Å². The molecule has 1 aromatic carbocycles. The van der Waals surface area contributed by atoms with Crippen LogP contribution >= 0.6 is 0 Å². The minimum absolute atomic E-state index is 0.396. The molecule has 2 rings (SSSR count). The molecule has 0 aromatic heterocycles. The molecular formula is C11H15N. The van der Waals surface area contributed by atoms with Gasteiger partial charge in [0.05, 0.1) is 0 Å². The van der Waals surface area contributed by atoms with Gasteiger partial charge in [-0.1, -0.05) is 30.3 Å². The zero-order valence-corrected chi connectivity index (χ0v) is 7.24. The molecule has 64 valence electrons. The van der Waals surface area contributed by atoms with Gasteiger partial charge in [-0.15, -0.1) is 0 Å². The second kappa shape index (κ2) is 3.28. The Morgan fingerprint density at radius 2 is 1.92 bits per heavy atom. The summed E-state index contributed by atoms with van der Waals surface area (Å²) < 4.78 is 0. The maximum absolute atomic E-state index is 6.01. The number of rotatable bonds is 3. The van der Waals surface area contributed by atoms with Crippen molar-refractivity contribution in [3.05, 3.63) is 35.9 Å². The molecule has 1 aliphatic carbocycles. The van der Waals surface area contributed by atoms with Crippen molar-refractivity contribution in [3.8, 4) is 0 Å². The van der Waals surface area contributed by atoms with E-state index >= 15 is 0 Å². The molecule has 0 radical (unpaired) electrons. The summed E-state index contributed by atoms with van der Waals surface area (Å²) in [6.45, 7) is 0. The molecule has 0 saturated heterocycles. The van der Waals surface area contributed by atoms with Crippen molar-refractivity contribution >= 4 is 0 Å². The fraction of sp³-hybridized carbons (Fsp3) is 0.455. The van der Waals surface area contributed by atoms with Gasteiger partial charge in [0.25, 0.3) is 0 Å². The van der Waals surface area contributed by atoms with Crippen LogP contribution in [0.4, 0.5) is 0 Å². The van der Waals surface area contributed by atoms with Gasteiger partial charge in [-0.2, -0.15) is 0 Å². The first-order valence-electron chi connectivity index (χ1n) is 4.66. The van der Waals surface area contributed by atoms with Crippen LogP contribution in [-0.2, 0) is 6.42 Å². The Morgan fingerprint density at radius 3 is 2.50 bits per heavy atom. The van der Waals surface area contributed by atoms with Crippen molar-refractivity contribution in [2.24, 2.45) is 11.7 Å². The molecule has 12 heavy (non-hydrogen) atoms. The molecule has 1 heteroatoms. The first-order chi connectivity index (χ1) is 5.86. The molecule has 2 N–H and O–H groups in total. The Bertz CT molecular complexity index is 238. The SMILES string of the molecule is N[C@@H](Cc1ccccc1)C1CC1. The van der Waals surface area contributed by atoms with Crippen molar-refractivity contribution in [2.45, 2.75) is 25.3 Å². The van der Waals surface area contributed by atoms with Crippen LogP contribution in [-0.4, -0.2) is 6.04 Å². The third-order valence-corrected chi connectivity index (χ3v) is 2.54. The van der Waals surface area contributed by atoms with Gasteiger partial charge in [-0.25, -0.2) is 0 Å². The minimum Gasteiger partial charge on any atom is -0.327 e. The summed E-state index contributed by atoms with van der Waals surface area (Å²) >= 11 is 0. The number of nitrogens with two attached hydrogens (primary N) is 1. The molecule has 1 nitrogen and oxygen atoms in total. The van der Waals surface area contributed by atoms with Crippen LogP contribution in [0.25, 0.3) is 0 Å². The Balaban J connectivity index is 1.94. The van der Waals surface area contributed by atoms with Crippen LogP contribution in [0.3, 0.4) is 0 Å². The number of hydrogen-bond donors (Lipinski definition) is 1. The highest BCUT2D eigenvalue weighted by atomic mass is 14.7. The Morgan fingerprint density at radius 1 is 1.25 bits per heavy atom. The van der Waals surface area contributed by atoms with Crippen molar-refractivity contribution in [3.63, 3.8) is 0 Å². The standard InChI is InChI=1S/C11H15N/c12-11(10-6-7-10)8-9-4-2-1-3-5-9/h1-5,10-11H,6-8,12H2/t11-/m0/s1. The van der Waals surface area contributed by atoms with E-state index < -0.39 is 0 Å². The lowest BCUT2D eigenvalue weighted by molar-refractivity contribution is 0.592. The molecule has 0 bridgehead atoms. The molecule has 1 fully saturated rings. The van der Waals surface area contributed by atoms with E-state index in [0.717, 1.165) is 12.3 Å². The van der Waals surface area contributed by atoms with Gasteiger partial charge in [0.15, 0.2) is 0 Å². The fourth-order valence-corrected chi connectivity index (χ4v) is 1.58. The smallest absolute Gasteiger partial charge is 0.0108 e. The Labute approximate surface area is 73.6 Å². The summed E-state index contributed by atoms with van der Waals surface area (Å²) in [6.07, 6.45) is 3.73. The highest BCUT2D eigenvalue weighted by molar-refractivity contribution is 5.16. The predicted molar refractivity (Wildman–Crippen MR) is 50.8 cm³/mol. The molecular weight excluding hydrogens is 146 g/mol. The lowest BCUT2D eigenvalue weighted by atomic mass is 10.0. The first kappa shape index (κ1) is 7.81. The van der Waals surface area contributed by atoms with Crippen LogP contribution in [0.1, 0.15) is 18.4 Å². The second-order valence-corrected chi connectivity index (χ2v) is 3.69. The largest absolute Gasteiger partial charge is 0.327 e. The molecule has 0 spiro atoms. The maximum Gasteiger partial charge on any atom is 0.0108 e. The molecule has 0 amide bonds. The van der Waals surface area contributed by atoms with Gasteiger partial charge < -0.3 is 5.73 Å². The third kappa shape index (κ3) is 1.86. The van der Waals surface area contributed by atoms with Crippen LogP contribution in [0.15, 0.2) is 30.3 Å². The average molecular weight is 161 g/mol. The van der Waals surface area contributed by atoms with E-state index in [0.29, 0.717) is 6.04 Å². The molecule has 0 unspecified atom stereocenters. The van der Waals surface area contributed by atoms with Crippen molar-refractivity contribution in [1.82, 2.24) is 0 Å². The summed E-state index contributed by atoms with van der Waals surface area (Å²) in [5.41, 5.74) is 7.38. The highest BCUT2D eigenvalue weighted by Gasteiger charge is 2.28. The summed E-state index contributed by atoms with van der Waals surface area (Å²) in [7, 11) is 0. The molecule has 1 atom stereocenters. The second-order valence-electron chi connectivity index (χ2n) is 3.69. The van der Waals surface area contributed by atoms with Crippen molar-refractivity contribution in [2.75, 3.05) is 0 Å². The first-order valence-corrected chi connectivity index (χ1v) is 4.66. The fourth-order valence-electron chi connectivity index (χ4n) is 1.58. The van der Waals surface area contributed by atoms with Crippen LogP contribution in [0.5, 0.6) is 0 Å². The van der Waals surface area contributed by atoms with Crippen LogP contribution in [0.2, 0.25) is 0 Å². The Kier molecular flexibility index (Phi) is 2.13. The number of hydrogen-bond acceptors (Lipinski definition) is 1. The summed E-state index contributed by atoms with van der Waals surface area (Å²) in [5, 5.41) is 0. The lowest BCUT2D eigenvalue weighted by Gasteiger charge is -2.09. The highest BCUT2D eigenvalue weighted by Crippen LogP contribution is 2.32. The van der Waals surface area contributed by atoms with Gasteiger partial charge >= 0.3 is 0 Å². The number of benzene rings is 1. The predicted octanol–water partition coefficient (Wildman–Crippen LogP) is 1.97. The van der Waals surface area contributed by atoms with Gasteiger partial charge in [-0.3, -0.25) is 0 Å². The third-order valence-electron chi connectivity index (χ3n) is 2.54. The zero-order chi connectivity index (χ0) is 8.39. The van der Waals surface area contributed by atoms with E-state index in [9.17, 15) is 0 Å². The summed E-state index contributed by atoms with van der Waals surface area (Å²) in [5.74, 6) is 0.810. The van der Waals surface area contributed by atoms with E-state index in [4.69, 9.17) is 5.73 Å². The maximum atomic E-state index is 6.01. The van der Waals surface area contributed by atoms with Crippen molar-refractivity contribution < 1.29 is 0 Å². The average Bonchev–Trinajstić information content (AvgIpc) is 2.88. The Hall–Kier alpha value is -0.820.